The van der Waals surface area contributed by atoms with E-state index in [0.717, 1.165) is 6.08 Å². The van der Waals surface area contributed by atoms with Crippen molar-refractivity contribution in [3.8, 4) is 0 Å². The molecule has 0 fully saturated rings. The monoisotopic (exact) mass is 292 g/mol. The van der Waals surface area contributed by atoms with E-state index in [0.29, 0.717) is 0 Å². The fraction of sp³-hybridized carbons (Fsp3) is 0.667. The van der Waals surface area contributed by atoms with E-state index in [2.05, 4.69) is 0 Å². The van der Waals surface area contributed by atoms with Crippen LogP contribution >= 0.6 is 0 Å². The highest BCUT2D eigenvalue weighted by atomic mass is 16.6. The molecule has 2 atom stereocenters. The van der Waals surface area contributed by atoms with Gasteiger partial charge in [-0.3, -0.25) is 0 Å². The van der Waals surface area contributed by atoms with Gasteiger partial charge in [0.2, 0.25) is 0 Å². The van der Waals surface area contributed by atoms with Crippen LogP contribution in [0.25, 0.3) is 0 Å². The minimum absolute atomic E-state index is 0.251. The first-order chi connectivity index (χ1) is 9.23. The topological polar surface area (TPSA) is 145 Å². The SMILES string of the molecule is CC(=CC(OC(CO)(CO)C(C)CO)C(=O)O)C(=O)O. The van der Waals surface area contributed by atoms with Crippen LogP contribution < -0.4 is 0 Å². The van der Waals surface area contributed by atoms with Crippen molar-refractivity contribution in [2.75, 3.05) is 19.8 Å². The fourth-order valence-electron chi connectivity index (χ4n) is 1.43. The summed E-state index contributed by atoms with van der Waals surface area (Å²) >= 11 is 0. The van der Waals surface area contributed by atoms with Crippen molar-refractivity contribution in [3.05, 3.63) is 11.6 Å². The molecule has 0 radical (unpaired) electrons. The van der Waals surface area contributed by atoms with Crippen molar-refractivity contribution in [2.45, 2.75) is 25.6 Å². The van der Waals surface area contributed by atoms with Crippen LogP contribution in [-0.4, -0.2) is 69.0 Å². The molecule has 0 aliphatic heterocycles. The lowest BCUT2D eigenvalue weighted by Gasteiger charge is -2.36. The molecule has 0 rings (SSSR count). The number of carboxylic acids is 2. The minimum Gasteiger partial charge on any atom is -0.479 e. The molecule has 8 heteroatoms. The molecular formula is C12H20O8. The van der Waals surface area contributed by atoms with E-state index in [1.54, 1.807) is 0 Å². The van der Waals surface area contributed by atoms with E-state index < -0.39 is 49.4 Å². The average Bonchev–Trinajstić information content (AvgIpc) is 2.42. The molecule has 0 aromatic rings. The van der Waals surface area contributed by atoms with Gasteiger partial charge in [0, 0.05) is 18.1 Å². The molecule has 0 aliphatic rings. The maximum atomic E-state index is 11.1. The van der Waals surface area contributed by atoms with E-state index in [-0.39, 0.29) is 5.57 Å². The van der Waals surface area contributed by atoms with Crippen LogP contribution in [0.15, 0.2) is 11.6 Å². The molecule has 0 heterocycles. The van der Waals surface area contributed by atoms with Gasteiger partial charge in [-0.15, -0.1) is 0 Å². The Morgan fingerprint density at radius 1 is 1.20 bits per heavy atom. The summed E-state index contributed by atoms with van der Waals surface area (Å²) in [6.45, 7) is 0.745. The summed E-state index contributed by atoms with van der Waals surface area (Å²) in [5, 5.41) is 45.5. The summed E-state index contributed by atoms with van der Waals surface area (Å²) in [6.07, 6.45) is -0.811. The Labute approximate surface area is 115 Å². The molecular weight excluding hydrogens is 272 g/mol. The summed E-state index contributed by atoms with van der Waals surface area (Å²) in [7, 11) is 0. The summed E-state index contributed by atoms with van der Waals surface area (Å²) < 4.78 is 5.17. The number of aliphatic carboxylic acids is 2. The second-order valence-corrected chi connectivity index (χ2v) is 4.50. The third-order valence-corrected chi connectivity index (χ3v) is 3.05. The van der Waals surface area contributed by atoms with Crippen molar-refractivity contribution < 1.29 is 39.9 Å². The standard InChI is InChI=1S/C12H20O8/c1-7(10(16)17)3-9(11(18)19)20-12(5-14,6-15)8(2)4-13/h3,8-9,13-15H,4-6H2,1-2H3,(H,16,17)(H,18,19). The molecule has 0 saturated carbocycles. The van der Waals surface area contributed by atoms with Crippen molar-refractivity contribution in [1.29, 1.82) is 0 Å². The Bertz CT molecular complexity index is 372. The lowest BCUT2D eigenvalue weighted by Crippen LogP contribution is -2.51. The zero-order valence-corrected chi connectivity index (χ0v) is 11.3. The zero-order chi connectivity index (χ0) is 15.9. The molecule has 0 aliphatic carbocycles. The first-order valence-electron chi connectivity index (χ1n) is 5.89. The van der Waals surface area contributed by atoms with Crippen LogP contribution in [0.5, 0.6) is 0 Å². The molecule has 0 spiro atoms. The molecule has 116 valence electrons. The third-order valence-electron chi connectivity index (χ3n) is 3.05. The molecule has 0 aromatic heterocycles. The highest BCUT2D eigenvalue weighted by molar-refractivity contribution is 5.87. The number of hydrogen-bond donors (Lipinski definition) is 5. The molecule has 2 unspecified atom stereocenters. The number of hydrogen-bond acceptors (Lipinski definition) is 6. The Morgan fingerprint density at radius 3 is 2.00 bits per heavy atom. The predicted molar refractivity (Wildman–Crippen MR) is 67.1 cm³/mol. The van der Waals surface area contributed by atoms with Gasteiger partial charge in [-0.1, -0.05) is 6.92 Å². The van der Waals surface area contributed by atoms with E-state index in [4.69, 9.17) is 20.1 Å². The summed E-state index contributed by atoms with van der Waals surface area (Å²) in [5.41, 5.74) is -1.94. The van der Waals surface area contributed by atoms with Gasteiger partial charge < -0.3 is 30.3 Å². The van der Waals surface area contributed by atoms with Gasteiger partial charge in [0.15, 0.2) is 6.10 Å². The maximum Gasteiger partial charge on any atom is 0.336 e. The normalized spacial score (nSPS) is 15.8. The summed E-state index contributed by atoms with van der Waals surface area (Å²) in [4.78, 5) is 21.8. The number of aliphatic hydroxyl groups is 3. The van der Waals surface area contributed by atoms with Gasteiger partial charge in [0.25, 0.3) is 0 Å². The van der Waals surface area contributed by atoms with Crippen LogP contribution in [0.2, 0.25) is 0 Å². The average molecular weight is 292 g/mol. The molecule has 0 aromatic carbocycles. The van der Waals surface area contributed by atoms with E-state index in [9.17, 15) is 19.8 Å². The predicted octanol–water partition coefficient (Wildman–Crippen LogP) is -1.16. The number of rotatable bonds is 9. The summed E-state index contributed by atoms with van der Waals surface area (Å²) in [5.74, 6) is -3.53. The maximum absolute atomic E-state index is 11.1. The van der Waals surface area contributed by atoms with Gasteiger partial charge in [0.05, 0.1) is 13.2 Å². The highest BCUT2D eigenvalue weighted by Crippen LogP contribution is 2.24. The third kappa shape index (κ3) is 4.57. The number of carbonyl (C=O) groups is 2. The van der Waals surface area contributed by atoms with Crippen molar-refractivity contribution in [2.24, 2.45) is 5.92 Å². The van der Waals surface area contributed by atoms with Crippen LogP contribution in [0.3, 0.4) is 0 Å². The molecule has 5 N–H and O–H groups in total. The number of aliphatic hydroxyl groups excluding tert-OH is 3. The Balaban J connectivity index is 5.37. The Morgan fingerprint density at radius 2 is 1.70 bits per heavy atom. The van der Waals surface area contributed by atoms with Crippen molar-refractivity contribution >= 4 is 11.9 Å². The van der Waals surface area contributed by atoms with Gasteiger partial charge in [-0.2, -0.15) is 0 Å². The number of ether oxygens (including phenoxy) is 1. The molecule has 20 heavy (non-hydrogen) atoms. The van der Waals surface area contributed by atoms with Gasteiger partial charge >= 0.3 is 11.9 Å². The van der Waals surface area contributed by atoms with Crippen LogP contribution in [0, 0.1) is 5.92 Å². The lowest BCUT2D eigenvalue weighted by molar-refractivity contribution is -0.185. The van der Waals surface area contributed by atoms with E-state index in [1.807, 2.05) is 0 Å². The molecule has 0 saturated heterocycles. The number of carboxylic acid groups (broad SMARTS) is 2. The van der Waals surface area contributed by atoms with Crippen molar-refractivity contribution in [3.63, 3.8) is 0 Å². The Hall–Kier alpha value is -1.48. The molecule has 0 bridgehead atoms. The van der Waals surface area contributed by atoms with Gasteiger partial charge in [0.1, 0.15) is 5.60 Å². The lowest BCUT2D eigenvalue weighted by atomic mass is 9.90. The summed E-state index contributed by atoms with van der Waals surface area (Å²) in [6, 6.07) is 0. The first-order valence-corrected chi connectivity index (χ1v) is 5.89. The zero-order valence-electron chi connectivity index (χ0n) is 11.3. The second kappa shape index (κ2) is 7.95. The fourth-order valence-corrected chi connectivity index (χ4v) is 1.43. The largest absolute Gasteiger partial charge is 0.479 e. The first kappa shape index (κ1) is 18.5. The smallest absolute Gasteiger partial charge is 0.336 e. The molecule has 0 amide bonds. The second-order valence-electron chi connectivity index (χ2n) is 4.50. The molecule has 8 nitrogen and oxygen atoms in total. The minimum atomic E-state index is -1.69. The van der Waals surface area contributed by atoms with Crippen LogP contribution in [0.1, 0.15) is 13.8 Å². The van der Waals surface area contributed by atoms with Gasteiger partial charge in [-0.25, -0.2) is 9.59 Å². The van der Waals surface area contributed by atoms with E-state index >= 15 is 0 Å². The highest BCUT2D eigenvalue weighted by Gasteiger charge is 2.40. The quantitative estimate of drug-likeness (QED) is 0.335. The van der Waals surface area contributed by atoms with Crippen LogP contribution in [-0.2, 0) is 14.3 Å². The van der Waals surface area contributed by atoms with Crippen molar-refractivity contribution in [1.82, 2.24) is 0 Å². The Kier molecular flexibility index (Phi) is 7.36. The van der Waals surface area contributed by atoms with Gasteiger partial charge in [-0.05, 0) is 13.0 Å². The van der Waals surface area contributed by atoms with Crippen LogP contribution in [0.4, 0.5) is 0 Å². The van der Waals surface area contributed by atoms with E-state index in [1.165, 1.54) is 13.8 Å².